The van der Waals surface area contributed by atoms with Crippen molar-refractivity contribution in [3.05, 3.63) is 28.7 Å². The van der Waals surface area contributed by atoms with Crippen LogP contribution in [0.3, 0.4) is 0 Å². The Morgan fingerprint density at radius 2 is 1.94 bits per heavy atom. The summed E-state index contributed by atoms with van der Waals surface area (Å²) in [4.78, 5) is 4.96. The van der Waals surface area contributed by atoms with Crippen molar-refractivity contribution < 1.29 is 0 Å². The lowest BCUT2D eigenvalue weighted by atomic mass is 9.84. The molecule has 0 bridgehead atoms. The summed E-state index contributed by atoms with van der Waals surface area (Å²) in [6.45, 7) is 0. The highest BCUT2D eigenvalue weighted by molar-refractivity contribution is 9.10. The number of nitrogens with zero attached hydrogens (tertiary/aromatic N) is 1. The second kappa shape index (κ2) is 5.25. The molecule has 1 aliphatic heterocycles. The number of anilines is 1. The van der Waals surface area contributed by atoms with E-state index in [-0.39, 0.29) is 5.54 Å². The first-order chi connectivity index (χ1) is 8.77. The summed E-state index contributed by atoms with van der Waals surface area (Å²) in [6, 6.07) is 8.21. The van der Waals surface area contributed by atoms with E-state index in [0.717, 1.165) is 21.1 Å². The van der Waals surface area contributed by atoms with Crippen molar-refractivity contribution in [3.8, 4) is 0 Å². The monoisotopic (exact) mass is 324 g/mol. The molecule has 2 aliphatic rings. The van der Waals surface area contributed by atoms with Gasteiger partial charge in [-0.2, -0.15) is 0 Å². The molecule has 3 rings (SSSR count). The number of aliphatic imine (C=N–C) groups is 1. The Kier molecular flexibility index (Phi) is 3.66. The molecule has 0 atom stereocenters. The third kappa shape index (κ3) is 2.59. The van der Waals surface area contributed by atoms with Crippen molar-refractivity contribution >= 4 is 38.5 Å². The molecule has 4 heteroatoms. The number of hydrogen-bond acceptors (Lipinski definition) is 3. The number of thioether (sulfide) groups is 1. The first-order valence-electron chi connectivity index (χ1n) is 6.52. The summed E-state index contributed by atoms with van der Waals surface area (Å²) in [7, 11) is 0. The van der Waals surface area contributed by atoms with Gasteiger partial charge in [0.1, 0.15) is 0 Å². The van der Waals surface area contributed by atoms with Gasteiger partial charge >= 0.3 is 0 Å². The molecule has 1 fully saturated rings. The second-order valence-corrected chi connectivity index (χ2v) is 6.91. The van der Waals surface area contributed by atoms with Crippen molar-refractivity contribution in [2.75, 3.05) is 11.1 Å². The van der Waals surface area contributed by atoms with Gasteiger partial charge in [-0.1, -0.05) is 43.2 Å². The van der Waals surface area contributed by atoms with Gasteiger partial charge in [-0.05, 0) is 40.9 Å². The predicted molar refractivity (Wildman–Crippen MR) is 83.5 cm³/mol. The highest BCUT2D eigenvalue weighted by Crippen LogP contribution is 2.40. The van der Waals surface area contributed by atoms with Crippen LogP contribution in [0.4, 0.5) is 5.69 Å². The molecule has 1 aliphatic carbocycles. The van der Waals surface area contributed by atoms with Gasteiger partial charge in [-0.15, -0.1) is 0 Å². The first-order valence-corrected chi connectivity index (χ1v) is 8.30. The number of rotatable bonds is 1. The van der Waals surface area contributed by atoms with Gasteiger partial charge in [-0.3, -0.25) is 4.99 Å². The smallest absolute Gasteiger partial charge is 0.161 e. The lowest BCUT2D eigenvalue weighted by Gasteiger charge is -2.29. The first kappa shape index (κ1) is 12.5. The fourth-order valence-corrected chi connectivity index (χ4v) is 4.27. The summed E-state index contributed by atoms with van der Waals surface area (Å²) in [5.41, 5.74) is 1.35. The van der Waals surface area contributed by atoms with Crippen LogP contribution in [0.5, 0.6) is 0 Å². The lowest BCUT2D eigenvalue weighted by molar-refractivity contribution is 0.335. The van der Waals surface area contributed by atoms with E-state index in [4.69, 9.17) is 4.99 Å². The highest BCUT2D eigenvalue weighted by atomic mass is 79.9. The molecule has 0 radical (unpaired) electrons. The molecule has 1 aromatic carbocycles. The fraction of sp³-hybridized carbons (Fsp3) is 0.500. The van der Waals surface area contributed by atoms with Crippen LogP contribution in [0.25, 0.3) is 0 Å². The molecule has 0 unspecified atom stereocenters. The SMILES string of the molecule is Brc1ccccc1NC1=NC2(CCCCC2)CS1. The van der Waals surface area contributed by atoms with Crippen LogP contribution < -0.4 is 5.32 Å². The third-order valence-corrected chi connectivity index (χ3v) is 5.56. The molecule has 96 valence electrons. The van der Waals surface area contributed by atoms with Gasteiger partial charge in [0.2, 0.25) is 0 Å². The molecular formula is C14H17BrN2S. The number of hydrogen-bond donors (Lipinski definition) is 1. The van der Waals surface area contributed by atoms with E-state index in [1.165, 1.54) is 32.1 Å². The zero-order valence-electron chi connectivity index (χ0n) is 10.3. The van der Waals surface area contributed by atoms with Gasteiger partial charge in [0.05, 0.1) is 11.2 Å². The van der Waals surface area contributed by atoms with Gasteiger partial charge in [0.25, 0.3) is 0 Å². The summed E-state index contributed by atoms with van der Waals surface area (Å²) in [5, 5.41) is 4.53. The average Bonchev–Trinajstić information content (AvgIpc) is 2.76. The molecule has 1 N–H and O–H groups in total. The van der Waals surface area contributed by atoms with E-state index >= 15 is 0 Å². The molecule has 0 aromatic heterocycles. The van der Waals surface area contributed by atoms with Crippen molar-refractivity contribution in [2.45, 2.75) is 37.6 Å². The number of halogens is 1. The van der Waals surface area contributed by atoms with E-state index in [1.807, 2.05) is 23.9 Å². The molecule has 0 amide bonds. The Morgan fingerprint density at radius 3 is 2.72 bits per heavy atom. The fourth-order valence-electron chi connectivity index (χ4n) is 2.69. The average molecular weight is 325 g/mol. The Balaban J connectivity index is 1.74. The molecule has 0 saturated heterocycles. The minimum absolute atomic E-state index is 0.243. The lowest BCUT2D eigenvalue weighted by Crippen LogP contribution is -2.29. The molecule has 1 saturated carbocycles. The summed E-state index contributed by atoms with van der Waals surface area (Å²) in [6.07, 6.45) is 6.59. The second-order valence-electron chi connectivity index (χ2n) is 5.10. The van der Waals surface area contributed by atoms with E-state index in [1.54, 1.807) is 0 Å². The highest BCUT2D eigenvalue weighted by Gasteiger charge is 2.36. The topological polar surface area (TPSA) is 24.4 Å². The Labute approximate surface area is 121 Å². The van der Waals surface area contributed by atoms with Crippen molar-refractivity contribution in [1.82, 2.24) is 0 Å². The zero-order chi connectivity index (χ0) is 12.4. The molecular weight excluding hydrogens is 308 g/mol. The van der Waals surface area contributed by atoms with Crippen LogP contribution in [0.15, 0.2) is 33.7 Å². The van der Waals surface area contributed by atoms with Crippen LogP contribution in [-0.4, -0.2) is 16.5 Å². The maximum Gasteiger partial charge on any atom is 0.161 e. The van der Waals surface area contributed by atoms with Crippen molar-refractivity contribution in [3.63, 3.8) is 0 Å². The zero-order valence-corrected chi connectivity index (χ0v) is 12.7. The van der Waals surface area contributed by atoms with Crippen LogP contribution in [-0.2, 0) is 0 Å². The largest absolute Gasteiger partial charge is 0.334 e. The normalized spacial score (nSPS) is 21.9. The van der Waals surface area contributed by atoms with Gasteiger partial charge in [0.15, 0.2) is 5.17 Å². The predicted octanol–water partition coefficient (Wildman–Crippen LogP) is 4.67. The van der Waals surface area contributed by atoms with Crippen LogP contribution in [0.1, 0.15) is 32.1 Å². The van der Waals surface area contributed by atoms with Gasteiger partial charge in [0, 0.05) is 10.2 Å². The Morgan fingerprint density at radius 1 is 1.17 bits per heavy atom. The number of para-hydroxylation sites is 1. The summed E-state index contributed by atoms with van der Waals surface area (Å²) in [5.74, 6) is 1.15. The molecule has 1 spiro atoms. The quantitative estimate of drug-likeness (QED) is 0.812. The number of nitrogens with one attached hydrogen (secondary N) is 1. The maximum absolute atomic E-state index is 4.96. The number of benzene rings is 1. The van der Waals surface area contributed by atoms with Crippen LogP contribution >= 0.6 is 27.7 Å². The van der Waals surface area contributed by atoms with Crippen molar-refractivity contribution in [1.29, 1.82) is 0 Å². The Hall–Kier alpha value is -0.480. The van der Waals surface area contributed by atoms with Crippen LogP contribution in [0, 0.1) is 0 Å². The van der Waals surface area contributed by atoms with Crippen LogP contribution in [0.2, 0.25) is 0 Å². The minimum atomic E-state index is 0.243. The van der Waals surface area contributed by atoms with E-state index < -0.39 is 0 Å². The van der Waals surface area contributed by atoms with Gasteiger partial charge in [-0.25, -0.2) is 0 Å². The third-order valence-electron chi connectivity index (χ3n) is 3.72. The van der Waals surface area contributed by atoms with Gasteiger partial charge < -0.3 is 5.32 Å². The maximum atomic E-state index is 4.96. The Bertz CT molecular complexity index is 467. The van der Waals surface area contributed by atoms with E-state index in [2.05, 4.69) is 33.4 Å². The summed E-state index contributed by atoms with van der Waals surface area (Å²) < 4.78 is 1.10. The molecule has 1 aromatic rings. The standard InChI is InChI=1S/C14H17BrN2S/c15-11-6-2-3-7-12(11)16-13-17-14(10-18-13)8-4-1-5-9-14/h2-3,6-7H,1,4-5,8-10H2,(H,16,17). The van der Waals surface area contributed by atoms with E-state index in [9.17, 15) is 0 Å². The van der Waals surface area contributed by atoms with Crippen molar-refractivity contribution in [2.24, 2.45) is 4.99 Å². The minimum Gasteiger partial charge on any atom is -0.334 e. The number of amidine groups is 1. The molecule has 1 heterocycles. The van der Waals surface area contributed by atoms with E-state index in [0.29, 0.717) is 0 Å². The summed E-state index contributed by atoms with van der Waals surface area (Å²) >= 11 is 5.43. The molecule has 18 heavy (non-hydrogen) atoms. The molecule has 2 nitrogen and oxygen atoms in total.